The lowest BCUT2D eigenvalue weighted by Gasteiger charge is -2.17. The number of Topliss-reactive ketones (excluding diaryl/α,β-unsaturated/α-hetero) is 2. The van der Waals surface area contributed by atoms with Crippen LogP contribution in [-0.4, -0.2) is 67.4 Å². The largest absolute Gasteiger partial charge is 0.481 e. The van der Waals surface area contributed by atoms with Crippen LogP contribution in [0.5, 0.6) is 0 Å². The zero-order valence-corrected chi connectivity index (χ0v) is 28.5. The zero-order valence-electron chi connectivity index (χ0n) is 26.2. The Morgan fingerprint density at radius 2 is 1.57 bits per heavy atom. The number of alkyl carbamates (subject to hydrolysis) is 1. The van der Waals surface area contributed by atoms with Gasteiger partial charge in [0.25, 0.3) is 0 Å². The lowest BCUT2D eigenvalue weighted by atomic mass is 9.92. The Balaban J connectivity index is 0.00000254. The minimum atomic E-state index is -1.28. The van der Waals surface area contributed by atoms with Gasteiger partial charge in [0.2, 0.25) is 11.1 Å². The first-order valence-electron chi connectivity index (χ1n) is 14.4. The summed E-state index contributed by atoms with van der Waals surface area (Å²) in [6.07, 6.45) is -1.89. The van der Waals surface area contributed by atoms with Crippen molar-refractivity contribution in [2.24, 2.45) is 5.92 Å². The maximum Gasteiger partial charge on any atom is 0.407 e. The van der Waals surface area contributed by atoms with Crippen molar-refractivity contribution in [1.29, 1.82) is 0 Å². The highest BCUT2D eigenvalue weighted by Crippen LogP contribution is 2.36. The highest BCUT2D eigenvalue weighted by Gasteiger charge is 2.28. The van der Waals surface area contributed by atoms with Gasteiger partial charge in [0.1, 0.15) is 19.7 Å². The molecule has 0 fully saturated rings. The van der Waals surface area contributed by atoms with E-state index >= 15 is 0 Å². The number of carboxylic acids is 1. The van der Waals surface area contributed by atoms with Crippen LogP contribution in [-0.2, 0) is 37.1 Å². The van der Waals surface area contributed by atoms with Crippen molar-refractivity contribution >= 4 is 64.5 Å². The van der Waals surface area contributed by atoms with Crippen molar-refractivity contribution < 1.29 is 33.8 Å². The third kappa shape index (κ3) is 14.4. The number of hydrogen-bond donors (Lipinski definition) is 3. The number of ketones is 2. The van der Waals surface area contributed by atoms with Crippen LogP contribution in [0.3, 0.4) is 0 Å². The number of nitrogens with zero attached hydrogens (tertiary/aromatic N) is 4. The molecular weight excluding hydrogens is 659 g/mol. The normalized spacial score (nSPS) is 11.4. The Morgan fingerprint density at radius 3 is 2.17 bits per heavy atom. The van der Waals surface area contributed by atoms with Gasteiger partial charge in [0, 0.05) is 12.3 Å². The Labute approximate surface area is 281 Å². The van der Waals surface area contributed by atoms with Gasteiger partial charge >= 0.3 is 12.1 Å². The number of nitrogens with one attached hydrogen (secondary N) is 2. The topological polar surface area (TPSA) is 182 Å². The first-order valence-corrected chi connectivity index (χ1v) is 16.0. The average Bonchev–Trinajstić information content (AvgIpc) is 3.49. The molecule has 0 aliphatic heterocycles. The summed E-state index contributed by atoms with van der Waals surface area (Å²) in [5, 5.41) is 26.6. The van der Waals surface area contributed by atoms with Crippen molar-refractivity contribution in [3.63, 3.8) is 0 Å². The molecule has 1 aromatic heterocycles. The average molecular weight is 698 g/mol. The van der Waals surface area contributed by atoms with E-state index in [9.17, 15) is 29.1 Å². The number of ether oxygens (including phenoxy) is 1. The number of carbonyl (C=O) groups is 5. The number of hydrogen-bond acceptors (Lipinski definition) is 10. The maximum absolute atomic E-state index is 12.9. The van der Waals surface area contributed by atoms with E-state index < -0.39 is 67.4 Å². The molecule has 3 aromatic rings. The molecule has 2 amide bonds. The SMILES string of the molecule is CC.CC.CC(NC(=O)CNC(=O)OCc1ccccc1)C(=O)CC(CC(=O)O)C(=O)Cn1nnc(Sc2c(Cl)cccc2Cl)n1. The van der Waals surface area contributed by atoms with Gasteiger partial charge in [-0.05, 0) is 41.6 Å². The molecule has 2 atom stereocenters. The summed E-state index contributed by atoms with van der Waals surface area (Å²) < 4.78 is 5.02. The fraction of sp³-hybridized carbons (Fsp3) is 0.400. The van der Waals surface area contributed by atoms with E-state index in [2.05, 4.69) is 26.0 Å². The van der Waals surface area contributed by atoms with Gasteiger partial charge in [-0.15, -0.1) is 10.2 Å². The number of carbonyl (C=O) groups excluding carboxylic acids is 4. The molecule has 2 aromatic carbocycles. The number of carboxylic acid groups (broad SMARTS) is 1. The highest BCUT2D eigenvalue weighted by molar-refractivity contribution is 7.99. The lowest BCUT2D eigenvalue weighted by Crippen LogP contribution is -2.45. The summed E-state index contributed by atoms with van der Waals surface area (Å²) in [5.41, 5.74) is 0.766. The van der Waals surface area contributed by atoms with Gasteiger partial charge in [0.05, 0.1) is 27.4 Å². The molecule has 0 radical (unpaired) electrons. The van der Waals surface area contributed by atoms with Crippen molar-refractivity contribution in [3.05, 3.63) is 64.1 Å². The molecule has 0 saturated carbocycles. The quantitative estimate of drug-likeness (QED) is 0.189. The number of aliphatic carboxylic acids is 1. The van der Waals surface area contributed by atoms with Gasteiger partial charge in [-0.1, -0.05) is 87.3 Å². The second kappa shape index (κ2) is 21.7. The Morgan fingerprint density at radius 1 is 0.935 bits per heavy atom. The summed E-state index contributed by atoms with van der Waals surface area (Å²) in [5.74, 6) is -4.36. The zero-order chi connectivity index (χ0) is 34.6. The fourth-order valence-corrected chi connectivity index (χ4v) is 4.86. The van der Waals surface area contributed by atoms with Crippen LogP contribution in [0, 0.1) is 5.92 Å². The molecule has 0 saturated heterocycles. The number of halogens is 2. The predicted molar refractivity (Wildman–Crippen MR) is 174 cm³/mol. The number of amides is 2. The monoisotopic (exact) mass is 696 g/mol. The van der Waals surface area contributed by atoms with Crippen LogP contribution in [0.25, 0.3) is 0 Å². The molecule has 0 bridgehead atoms. The summed E-state index contributed by atoms with van der Waals surface area (Å²) in [6.45, 7) is 8.51. The van der Waals surface area contributed by atoms with Gasteiger partial charge in [-0.25, -0.2) is 4.79 Å². The molecule has 0 spiro atoms. The Bertz CT molecular complexity index is 1420. The third-order valence-corrected chi connectivity index (χ3v) is 7.48. The molecule has 0 aliphatic carbocycles. The molecule has 3 N–H and O–H groups in total. The number of rotatable bonds is 15. The van der Waals surface area contributed by atoms with Crippen LogP contribution < -0.4 is 10.6 Å². The summed E-state index contributed by atoms with van der Waals surface area (Å²) in [6, 6.07) is 12.8. The maximum atomic E-state index is 12.9. The second-order valence-electron chi connectivity index (χ2n) is 8.89. The highest BCUT2D eigenvalue weighted by atomic mass is 35.5. The third-order valence-electron chi connectivity index (χ3n) is 5.63. The van der Waals surface area contributed by atoms with E-state index in [1.54, 1.807) is 42.5 Å². The molecule has 250 valence electrons. The second-order valence-corrected chi connectivity index (χ2v) is 10.7. The first-order chi connectivity index (χ1) is 22.0. The van der Waals surface area contributed by atoms with Crippen molar-refractivity contribution in [2.45, 2.75) is 76.7 Å². The van der Waals surface area contributed by atoms with Gasteiger partial charge in [-0.2, -0.15) is 4.80 Å². The van der Waals surface area contributed by atoms with Gasteiger partial charge in [0.15, 0.2) is 11.6 Å². The summed E-state index contributed by atoms with van der Waals surface area (Å²) in [7, 11) is 0. The van der Waals surface area contributed by atoms with Crippen molar-refractivity contribution in [1.82, 2.24) is 30.8 Å². The number of aromatic nitrogens is 4. The fourth-order valence-electron chi connectivity index (χ4n) is 3.51. The summed E-state index contributed by atoms with van der Waals surface area (Å²) >= 11 is 13.3. The van der Waals surface area contributed by atoms with Crippen LogP contribution in [0.4, 0.5) is 4.79 Å². The van der Waals surface area contributed by atoms with Crippen LogP contribution in [0.1, 0.15) is 53.0 Å². The molecule has 2 unspecified atom stereocenters. The molecule has 0 aliphatic rings. The molecule has 1 heterocycles. The molecule has 13 nitrogen and oxygen atoms in total. The first kappa shape index (κ1) is 40.0. The number of tetrazole rings is 1. The smallest absolute Gasteiger partial charge is 0.407 e. The number of benzene rings is 2. The Kier molecular flexibility index (Phi) is 18.9. The van der Waals surface area contributed by atoms with E-state index in [1.165, 1.54) is 6.92 Å². The molecular formula is C30H38Cl2N6O7S. The van der Waals surface area contributed by atoms with E-state index in [0.29, 0.717) is 14.9 Å². The standard InChI is InChI=1S/C26H26Cl2N6O7S.2C2H6/c1-15(30-22(37)12-29-26(40)41-14-16-6-3-2-4-7-16)20(35)10-17(11-23(38)39)21(36)13-34-32-25(31-33-34)42-24-18(27)8-5-9-19(24)28;2*1-2/h2-9,15,17H,10-14H2,1H3,(H,29,40)(H,30,37)(H,38,39);2*1-2H3. The van der Waals surface area contributed by atoms with Crippen molar-refractivity contribution in [3.8, 4) is 0 Å². The Hall–Kier alpha value is -4.01. The minimum Gasteiger partial charge on any atom is -0.481 e. The van der Waals surface area contributed by atoms with Crippen molar-refractivity contribution in [2.75, 3.05) is 6.54 Å². The lowest BCUT2D eigenvalue weighted by molar-refractivity contribution is -0.141. The minimum absolute atomic E-state index is 0.0160. The molecule has 3 rings (SSSR count). The molecule has 46 heavy (non-hydrogen) atoms. The predicted octanol–water partition coefficient (Wildman–Crippen LogP) is 5.23. The molecule has 16 heteroatoms. The van der Waals surface area contributed by atoms with Crippen LogP contribution >= 0.6 is 35.0 Å². The van der Waals surface area contributed by atoms with Gasteiger partial charge < -0.3 is 20.5 Å². The van der Waals surface area contributed by atoms with E-state index in [1.807, 2.05) is 33.8 Å². The van der Waals surface area contributed by atoms with E-state index in [4.69, 9.17) is 27.9 Å². The van der Waals surface area contributed by atoms with E-state index in [0.717, 1.165) is 22.1 Å². The van der Waals surface area contributed by atoms with Crippen LogP contribution in [0.15, 0.2) is 58.6 Å². The summed E-state index contributed by atoms with van der Waals surface area (Å²) in [4.78, 5) is 62.6. The van der Waals surface area contributed by atoms with Gasteiger partial charge in [-0.3, -0.25) is 19.2 Å². The van der Waals surface area contributed by atoms with E-state index in [-0.39, 0.29) is 11.8 Å². The van der Waals surface area contributed by atoms with Crippen LogP contribution in [0.2, 0.25) is 10.0 Å².